The van der Waals surface area contributed by atoms with Crippen molar-refractivity contribution in [1.82, 2.24) is 0 Å². The number of hydrogen-bond acceptors (Lipinski definition) is 18. The Balaban J connectivity index is 1.79. The zero-order valence-corrected chi connectivity index (χ0v) is 40.2. The van der Waals surface area contributed by atoms with Gasteiger partial charge in [0, 0.05) is 12.1 Å². The van der Waals surface area contributed by atoms with E-state index in [0.29, 0.717) is 67.1 Å². The van der Waals surface area contributed by atoms with Crippen LogP contribution in [-0.2, 0) is 10.8 Å². The van der Waals surface area contributed by atoms with Gasteiger partial charge >= 0.3 is 11.4 Å². The van der Waals surface area contributed by atoms with Gasteiger partial charge in [0.15, 0.2) is 11.5 Å². The minimum absolute atomic E-state index is 0.0115. The standard InChI is InChI=1S/C46H50F2N10O14/c1-9-11-13-71-43-33(49-29-19-27(47)37(53(59)60)22-39(29)55(63)64)15-25(45(3,4)5)17-35(43)51-31-21-32(42(58(69)70)24-41(31)57(67)68)52-36-18-26(46(6,7)8)16-34(44(36)72-14-12-10-2)50-30-20-28(48)38(54(61)62)23-40(30)56(65)66/h15-24,49-52H,9-14H2,1-8H3. The summed E-state index contributed by atoms with van der Waals surface area (Å²) in [6.45, 7) is 14.5. The van der Waals surface area contributed by atoms with Crippen molar-refractivity contribution >= 4 is 79.6 Å². The van der Waals surface area contributed by atoms with Crippen LogP contribution in [0.2, 0.25) is 0 Å². The summed E-state index contributed by atoms with van der Waals surface area (Å²) in [6.07, 6.45) is 2.15. The fraction of sp³-hybridized carbons (Fsp3) is 0.348. The average molecular weight is 1000 g/mol. The number of unbranched alkanes of at least 4 members (excludes halogenated alkanes) is 2. The number of nitrogens with zero attached hydrogens (tertiary/aromatic N) is 6. The number of rotatable bonds is 22. The number of nitro groups is 6. The van der Waals surface area contributed by atoms with Gasteiger partial charge in [-0.25, -0.2) is 0 Å². The second-order valence-corrected chi connectivity index (χ2v) is 18.3. The van der Waals surface area contributed by atoms with Gasteiger partial charge in [-0.15, -0.1) is 0 Å². The Morgan fingerprint density at radius 2 is 0.653 bits per heavy atom. The minimum Gasteiger partial charge on any atom is -0.489 e. The minimum atomic E-state index is -1.40. The number of hydrogen-bond donors (Lipinski definition) is 4. The molecule has 26 heteroatoms. The maximum absolute atomic E-state index is 15.1. The van der Waals surface area contributed by atoms with Crippen molar-refractivity contribution in [3.8, 4) is 11.5 Å². The van der Waals surface area contributed by atoms with Gasteiger partial charge in [0.05, 0.1) is 83.7 Å². The first-order valence-corrected chi connectivity index (χ1v) is 22.1. The molecule has 0 amide bonds. The van der Waals surface area contributed by atoms with Crippen LogP contribution in [0.3, 0.4) is 0 Å². The summed E-state index contributed by atoms with van der Waals surface area (Å²) >= 11 is 0. The fourth-order valence-electron chi connectivity index (χ4n) is 6.99. The molecular formula is C46H50F2N10O14. The van der Waals surface area contributed by atoms with E-state index >= 15 is 8.78 Å². The van der Waals surface area contributed by atoms with Crippen LogP contribution in [0.15, 0.2) is 60.7 Å². The third-order valence-corrected chi connectivity index (χ3v) is 10.9. The molecule has 0 spiro atoms. The van der Waals surface area contributed by atoms with E-state index in [4.69, 9.17) is 9.47 Å². The quantitative estimate of drug-likeness (QED) is 0.0284. The Morgan fingerprint density at radius 3 is 0.889 bits per heavy atom. The van der Waals surface area contributed by atoms with E-state index in [2.05, 4.69) is 21.3 Å². The first kappa shape index (κ1) is 54.1. The Labute approximate surface area is 408 Å². The molecule has 0 bridgehead atoms. The van der Waals surface area contributed by atoms with E-state index in [-0.39, 0.29) is 58.8 Å². The summed E-state index contributed by atoms with van der Waals surface area (Å²) in [4.78, 5) is 67.1. The lowest BCUT2D eigenvalue weighted by molar-refractivity contribution is -0.395. The Hall–Kier alpha value is -8.84. The van der Waals surface area contributed by atoms with Crippen LogP contribution < -0.4 is 30.7 Å². The maximum atomic E-state index is 15.1. The van der Waals surface area contributed by atoms with Crippen molar-refractivity contribution in [1.29, 1.82) is 0 Å². The van der Waals surface area contributed by atoms with Gasteiger partial charge in [-0.1, -0.05) is 68.2 Å². The van der Waals surface area contributed by atoms with Crippen molar-refractivity contribution < 1.29 is 47.8 Å². The zero-order valence-electron chi connectivity index (χ0n) is 40.2. The van der Waals surface area contributed by atoms with Gasteiger partial charge in [0.25, 0.3) is 22.7 Å². The second kappa shape index (κ2) is 21.8. The van der Waals surface area contributed by atoms with E-state index in [0.717, 1.165) is 6.07 Å². The van der Waals surface area contributed by atoms with Crippen LogP contribution in [-0.4, -0.2) is 42.8 Å². The van der Waals surface area contributed by atoms with E-state index < -0.39 is 97.5 Å². The molecule has 0 saturated carbocycles. The third-order valence-electron chi connectivity index (χ3n) is 10.9. The Bertz CT molecular complexity index is 2800. The molecule has 0 aliphatic heterocycles. The highest BCUT2D eigenvalue weighted by molar-refractivity contribution is 5.89. The number of ether oxygens (including phenoxy) is 2. The lowest BCUT2D eigenvalue weighted by atomic mass is 9.86. The highest BCUT2D eigenvalue weighted by atomic mass is 19.1. The molecule has 0 aliphatic rings. The summed E-state index contributed by atoms with van der Waals surface area (Å²) in [7, 11) is 0. The van der Waals surface area contributed by atoms with Gasteiger partial charge < -0.3 is 30.7 Å². The molecule has 0 unspecified atom stereocenters. The van der Waals surface area contributed by atoms with Crippen LogP contribution in [0.25, 0.3) is 0 Å². The molecule has 0 fully saturated rings. The molecule has 0 aliphatic carbocycles. The third kappa shape index (κ3) is 12.5. The van der Waals surface area contributed by atoms with E-state index in [1.54, 1.807) is 53.7 Å². The maximum Gasteiger partial charge on any atom is 0.311 e. The second-order valence-electron chi connectivity index (χ2n) is 18.3. The van der Waals surface area contributed by atoms with E-state index in [1.807, 2.05) is 13.8 Å². The summed E-state index contributed by atoms with van der Waals surface area (Å²) in [5.41, 5.74) is -8.08. The summed E-state index contributed by atoms with van der Waals surface area (Å²) in [5, 5.41) is 84.6. The molecule has 5 rings (SSSR count). The predicted molar refractivity (Wildman–Crippen MR) is 263 cm³/mol. The first-order valence-electron chi connectivity index (χ1n) is 22.1. The fourth-order valence-corrected chi connectivity index (χ4v) is 6.99. The molecule has 0 aromatic heterocycles. The van der Waals surface area contributed by atoms with Crippen molar-refractivity contribution in [2.75, 3.05) is 34.5 Å². The molecule has 0 heterocycles. The molecule has 0 radical (unpaired) electrons. The van der Waals surface area contributed by atoms with Crippen LogP contribution in [0.4, 0.5) is 88.4 Å². The number of anilines is 8. The SMILES string of the molecule is CCCCOc1c(Nc2cc(F)c([N+](=O)[O-])cc2[N+](=O)[O-])cc(C(C)(C)C)cc1Nc1cc(Nc2cc(C(C)(C)C)cc(Nc3cc(F)c([N+](=O)[O-])cc3[N+](=O)[O-])c2OCCCC)c([N+](=O)[O-])cc1[N+](=O)[O-]. The van der Waals surface area contributed by atoms with Gasteiger partial charge in [0.1, 0.15) is 22.7 Å². The number of nitro benzene ring substituents is 6. The Morgan fingerprint density at radius 1 is 0.403 bits per heavy atom. The lowest BCUT2D eigenvalue weighted by Gasteiger charge is -2.26. The van der Waals surface area contributed by atoms with E-state index in [1.165, 1.54) is 12.1 Å². The average Bonchev–Trinajstić information content (AvgIpc) is 3.26. The molecule has 5 aromatic carbocycles. The molecule has 0 saturated heterocycles. The highest BCUT2D eigenvalue weighted by Gasteiger charge is 2.32. The predicted octanol–water partition coefficient (Wildman–Crippen LogP) is 13.3. The first-order chi connectivity index (χ1) is 33.7. The van der Waals surface area contributed by atoms with Gasteiger partial charge in [-0.3, -0.25) is 60.7 Å². The van der Waals surface area contributed by atoms with Gasteiger partial charge in [-0.05, 0) is 65.1 Å². The molecular weight excluding hydrogens is 955 g/mol. The van der Waals surface area contributed by atoms with Crippen LogP contribution in [0.1, 0.15) is 92.2 Å². The molecule has 72 heavy (non-hydrogen) atoms. The lowest BCUT2D eigenvalue weighted by Crippen LogP contribution is -2.14. The van der Waals surface area contributed by atoms with Crippen LogP contribution >= 0.6 is 0 Å². The van der Waals surface area contributed by atoms with Crippen molar-refractivity contribution in [3.05, 3.63) is 144 Å². The summed E-state index contributed by atoms with van der Waals surface area (Å²) in [5.74, 6) is -3.01. The summed E-state index contributed by atoms with van der Waals surface area (Å²) in [6, 6.07) is 9.96. The number of nitrogens with one attached hydrogen (secondary N) is 4. The van der Waals surface area contributed by atoms with Crippen molar-refractivity contribution in [2.45, 2.75) is 91.9 Å². The smallest absolute Gasteiger partial charge is 0.311 e. The topological polar surface area (TPSA) is 325 Å². The van der Waals surface area contributed by atoms with Crippen LogP contribution in [0.5, 0.6) is 11.5 Å². The zero-order chi connectivity index (χ0) is 53.6. The number of benzene rings is 5. The van der Waals surface area contributed by atoms with Gasteiger partial charge in [0.2, 0.25) is 11.6 Å². The van der Waals surface area contributed by atoms with Crippen molar-refractivity contribution in [3.63, 3.8) is 0 Å². The van der Waals surface area contributed by atoms with E-state index in [9.17, 15) is 60.7 Å². The molecule has 4 N–H and O–H groups in total. The Kier molecular flexibility index (Phi) is 16.4. The number of halogens is 2. The largest absolute Gasteiger partial charge is 0.489 e. The summed E-state index contributed by atoms with van der Waals surface area (Å²) < 4.78 is 42.6. The molecule has 5 aromatic rings. The monoisotopic (exact) mass is 1000 g/mol. The normalized spacial score (nSPS) is 11.4. The molecule has 0 atom stereocenters. The van der Waals surface area contributed by atoms with Gasteiger partial charge in [-0.2, -0.15) is 8.78 Å². The van der Waals surface area contributed by atoms with Crippen molar-refractivity contribution in [2.24, 2.45) is 0 Å². The van der Waals surface area contributed by atoms with Crippen LogP contribution in [0, 0.1) is 72.3 Å². The highest BCUT2D eigenvalue weighted by Crippen LogP contribution is 2.49. The molecule has 24 nitrogen and oxygen atoms in total. The molecule has 382 valence electrons.